The van der Waals surface area contributed by atoms with Crippen molar-refractivity contribution in [1.82, 2.24) is 0 Å². The van der Waals surface area contributed by atoms with E-state index in [1.807, 2.05) is 24.3 Å². The van der Waals surface area contributed by atoms with E-state index in [9.17, 15) is 10.1 Å². The number of hydrogen-bond donors (Lipinski definition) is 1. The predicted octanol–water partition coefficient (Wildman–Crippen LogP) is 6.21. The minimum Gasteiger partial charge on any atom is -0.497 e. The van der Waals surface area contributed by atoms with Crippen LogP contribution in [-0.4, -0.2) is 13.0 Å². The van der Waals surface area contributed by atoms with Crippen LogP contribution in [0.25, 0.3) is 6.08 Å². The second kappa shape index (κ2) is 10.1. The lowest BCUT2D eigenvalue weighted by Crippen LogP contribution is -2.13. The summed E-state index contributed by atoms with van der Waals surface area (Å²) in [6.45, 7) is 4.16. The summed E-state index contributed by atoms with van der Waals surface area (Å²) in [5, 5.41) is 12.4. The first kappa shape index (κ1) is 22.3. The molecule has 0 saturated heterocycles. The lowest BCUT2D eigenvalue weighted by Gasteiger charge is -2.10. The summed E-state index contributed by atoms with van der Waals surface area (Å²) in [5.41, 5.74) is 6.11. The molecule has 3 aromatic carbocycles. The Morgan fingerprint density at radius 2 is 1.74 bits per heavy atom. The zero-order chi connectivity index (χ0) is 22.4. The molecule has 3 aromatic rings. The topological polar surface area (TPSA) is 62.1 Å². The van der Waals surface area contributed by atoms with E-state index in [2.05, 4.69) is 53.3 Å². The van der Waals surface area contributed by atoms with Gasteiger partial charge in [0.05, 0.1) is 7.11 Å². The standard InChI is InChI=1S/C26H23BrN2O2/c1-17-10-18(2)12-19(11-17)13-20-4-5-23(27)15-21(20)14-22(16-28)26(30)29-24-6-8-25(31-3)9-7-24/h4-12,14-15H,13H2,1-3H3,(H,29,30)/b22-14+. The molecule has 4 nitrogen and oxygen atoms in total. The van der Waals surface area contributed by atoms with Gasteiger partial charge in [0.1, 0.15) is 17.4 Å². The van der Waals surface area contributed by atoms with E-state index in [-0.39, 0.29) is 5.57 Å². The number of carbonyl (C=O) groups is 1. The van der Waals surface area contributed by atoms with E-state index in [1.165, 1.54) is 16.7 Å². The smallest absolute Gasteiger partial charge is 0.266 e. The highest BCUT2D eigenvalue weighted by molar-refractivity contribution is 9.10. The molecule has 1 amide bonds. The van der Waals surface area contributed by atoms with Gasteiger partial charge in [-0.1, -0.05) is 51.3 Å². The normalized spacial score (nSPS) is 11.0. The summed E-state index contributed by atoms with van der Waals surface area (Å²) >= 11 is 3.50. The first-order chi connectivity index (χ1) is 14.9. The largest absolute Gasteiger partial charge is 0.497 e. The van der Waals surface area contributed by atoms with Crippen LogP contribution in [0.5, 0.6) is 5.75 Å². The Kier molecular flexibility index (Phi) is 7.28. The Labute approximate surface area is 191 Å². The zero-order valence-corrected chi connectivity index (χ0v) is 19.3. The number of nitrogens with one attached hydrogen (secondary N) is 1. The van der Waals surface area contributed by atoms with Crippen molar-refractivity contribution in [1.29, 1.82) is 5.26 Å². The molecular weight excluding hydrogens is 452 g/mol. The molecule has 3 rings (SSSR count). The van der Waals surface area contributed by atoms with Crippen molar-refractivity contribution in [2.75, 3.05) is 12.4 Å². The molecule has 0 aliphatic heterocycles. The third kappa shape index (κ3) is 6.07. The Balaban J connectivity index is 1.89. The highest BCUT2D eigenvalue weighted by atomic mass is 79.9. The maximum Gasteiger partial charge on any atom is 0.266 e. The Morgan fingerprint density at radius 1 is 1.06 bits per heavy atom. The molecule has 0 aliphatic rings. The van der Waals surface area contributed by atoms with Crippen molar-refractivity contribution < 1.29 is 9.53 Å². The van der Waals surface area contributed by atoms with Gasteiger partial charge in [0, 0.05) is 10.2 Å². The summed E-state index contributed by atoms with van der Waals surface area (Å²) in [4.78, 5) is 12.7. The number of hydrogen-bond acceptors (Lipinski definition) is 3. The number of nitriles is 1. The van der Waals surface area contributed by atoms with Crippen molar-refractivity contribution >= 4 is 33.6 Å². The molecule has 31 heavy (non-hydrogen) atoms. The quantitative estimate of drug-likeness (QED) is 0.341. The predicted molar refractivity (Wildman–Crippen MR) is 128 cm³/mol. The van der Waals surface area contributed by atoms with E-state index >= 15 is 0 Å². The molecule has 5 heteroatoms. The molecule has 0 heterocycles. The van der Waals surface area contributed by atoms with Crippen LogP contribution >= 0.6 is 15.9 Å². The molecule has 0 spiro atoms. The monoisotopic (exact) mass is 474 g/mol. The number of nitrogens with zero attached hydrogens (tertiary/aromatic N) is 1. The van der Waals surface area contributed by atoms with Crippen molar-refractivity contribution in [3.63, 3.8) is 0 Å². The van der Waals surface area contributed by atoms with E-state index < -0.39 is 5.91 Å². The summed E-state index contributed by atoms with van der Waals surface area (Å²) < 4.78 is 6.01. The SMILES string of the molecule is COc1ccc(NC(=O)/C(C#N)=C/c2cc(Br)ccc2Cc2cc(C)cc(C)c2)cc1. The second-order valence-corrected chi connectivity index (χ2v) is 8.28. The first-order valence-electron chi connectivity index (χ1n) is 9.80. The number of carbonyl (C=O) groups excluding carboxylic acids is 1. The van der Waals surface area contributed by atoms with Crippen LogP contribution in [0, 0.1) is 25.2 Å². The fourth-order valence-corrected chi connectivity index (χ4v) is 3.81. The van der Waals surface area contributed by atoms with Crippen molar-refractivity contribution in [3.05, 3.63) is 98.5 Å². The lowest BCUT2D eigenvalue weighted by molar-refractivity contribution is -0.112. The number of aryl methyl sites for hydroxylation is 2. The maximum absolute atomic E-state index is 12.7. The van der Waals surface area contributed by atoms with Gasteiger partial charge in [0.2, 0.25) is 0 Å². The number of rotatable bonds is 6. The Hall–Kier alpha value is -3.36. The average Bonchev–Trinajstić information content (AvgIpc) is 2.73. The van der Waals surface area contributed by atoms with Crippen LogP contribution in [0.3, 0.4) is 0 Å². The first-order valence-corrected chi connectivity index (χ1v) is 10.6. The second-order valence-electron chi connectivity index (χ2n) is 7.37. The van der Waals surface area contributed by atoms with Gasteiger partial charge in [-0.15, -0.1) is 0 Å². The average molecular weight is 475 g/mol. The number of halogens is 1. The molecule has 0 radical (unpaired) electrons. The van der Waals surface area contributed by atoms with Gasteiger partial charge in [-0.3, -0.25) is 4.79 Å². The molecular formula is C26H23BrN2O2. The molecule has 0 saturated carbocycles. The molecule has 0 aliphatic carbocycles. The van der Waals surface area contributed by atoms with E-state index in [1.54, 1.807) is 37.5 Å². The molecule has 0 atom stereocenters. The zero-order valence-electron chi connectivity index (χ0n) is 17.7. The molecule has 156 valence electrons. The number of amides is 1. The van der Waals surface area contributed by atoms with Crippen LogP contribution in [-0.2, 0) is 11.2 Å². The van der Waals surface area contributed by atoms with E-state index in [0.717, 1.165) is 15.6 Å². The number of anilines is 1. The van der Waals surface area contributed by atoms with Crippen molar-refractivity contribution in [2.24, 2.45) is 0 Å². The third-order valence-electron chi connectivity index (χ3n) is 4.80. The van der Waals surface area contributed by atoms with E-state index in [4.69, 9.17) is 4.74 Å². The summed E-state index contributed by atoms with van der Waals surface area (Å²) in [6.07, 6.45) is 2.35. The fourth-order valence-electron chi connectivity index (χ4n) is 3.43. The van der Waals surface area contributed by atoms with Crippen LogP contribution in [0.2, 0.25) is 0 Å². The molecule has 0 bridgehead atoms. The van der Waals surface area contributed by atoms with Gasteiger partial charge >= 0.3 is 0 Å². The molecule has 0 unspecified atom stereocenters. The lowest BCUT2D eigenvalue weighted by atomic mass is 9.96. The van der Waals surface area contributed by atoms with Gasteiger partial charge in [-0.05, 0) is 79.4 Å². The van der Waals surface area contributed by atoms with Gasteiger partial charge in [0.15, 0.2) is 0 Å². The minimum absolute atomic E-state index is 0.0376. The summed E-state index contributed by atoms with van der Waals surface area (Å²) in [6, 6.07) is 21.4. The number of benzene rings is 3. The summed E-state index contributed by atoms with van der Waals surface area (Å²) in [5.74, 6) is 0.240. The molecule has 0 aromatic heterocycles. The van der Waals surface area contributed by atoms with Crippen molar-refractivity contribution in [3.8, 4) is 11.8 Å². The fraction of sp³-hybridized carbons (Fsp3) is 0.154. The Morgan fingerprint density at radius 3 is 2.35 bits per heavy atom. The molecule has 1 N–H and O–H groups in total. The maximum atomic E-state index is 12.7. The van der Waals surface area contributed by atoms with Crippen LogP contribution in [0.1, 0.15) is 27.8 Å². The highest BCUT2D eigenvalue weighted by Gasteiger charge is 2.12. The van der Waals surface area contributed by atoms with E-state index in [0.29, 0.717) is 17.9 Å². The van der Waals surface area contributed by atoms with Crippen molar-refractivity contribution in [2.45, 2.75) is 20.3 Å². The summed E-state index contributed by atoms with van der Waals surface area (Å²) in [7, 11) is 1.58. The van der Waals surface area contributed by atoms with Crippen LogP contribution < -0.4 is 10.1 Å². The minimum atomic E-state index is -0.454. The van der Waals surface area contributed by atoms with Gasteiger partial charge in [-0.25, -0.2) is 0 Å². The molecule has 0 fully saturated rings. The third-order valence-corrected chi connectivity index (χ3v) is 5.29. The van der Waals surface area contributed by atoms with Crippen LogP contribution in [0.15, 0.2) is 70.7 Å². The Bertz CT molecular complexity index is 1150. The number of methoxy groups -OCH3 is 1. The highest BCUT2D eigenvalue weighted by Crippen LogP contribution is 2.24. The van der Waals surface area contributed by atoms with Gasteiger partial charge < -0.3 is 10.1 Å². The van der Waals surface area contributed by atoms with Gasteiger partial charge in [0.25, 0.3) is 5.91 Å². The van der Waals surface area contributed by atoms with Gasteiger partial charge in [-0.2, -0.15) is 5.26 Å². The van der Waals surface area contributed by atoms with Crippen LogP contribution in [0.4, 0.5) is 5.69 Å². The number of ether oxygens (including phenoxy) is 1.